The van der Waals surface area contributed by atoms with Gasteiger partial charge in [0.2, 0.25) is 5.91 Å². The van der Waals surface area contributed by atoms with Crippen molar-refractivity contribution < 1.29 is 27.4 Å². The maximum absolute atomic E-state index is 13.1. The van der Waals surface area contributed by atoms with E-state index in [2.05, 4.69) is 5.32 Å². The second-order valence-electron chi connectivity index (χ2n) is 5.80. The smallest absolute Gasteiger partial charge is 0.411 e. The first-order valence-electron chi connectivity index (χ1n) is 7.46. The molecule has 4 nitrogen and oxygen atoms in total. The largest absolute Gasteiger partial charge is 0.486 e. The zero-order valence-corrected chi connectivity index (χ0v) is 13.3. The Labute approximate surface area is 133 Å². The van der Waals surface area contributed by atoms with Gasteiger partial charge in [0.25, 0.3) is 0 Å². The number of benzene rings is 1. The number of fused-ring (bicyclic) bond motifs is 1. The van der Waals surface area contributed by atoms with Crippen molar-refractivity contribution in [3.05, 3.63) is 23.8 Å². The summed E-state index contributed by atoms with van der Waals surface area (Å²) in [5.41, 5.74) is -1.67. The number of ether oxygens (including phenoxy) is 2. The number of carbonyl (C=O) groups excluding carboxylic acids is 1. The van der Waals surface area contributed by atoms with E-state index in [-0.39, 0.29) is 6.42 Å². The van der Waals surface area contributed by atoms with E-state index in [1.165, 1.54) is 6.92 Å². The fraction of sp³-hybridized carbons (Fsp3) is 0.562. The summed E-state index contributed by atoms with van der Waals surface area (Å²) in [6, 6.07) is 4.96. The van der Waals surface area contributed by atoms with E-state index in [1.807, 2.05) is 0 Å². The number of amides is 1. The molecule has 0 spiro atoms. The number of hydrogen-bond donors (Lipinski definition) is 1. The molecule has 0 aromatic heterocycles. The molecule has 1 heterocycles. The first-order valence-corrected chi connectivity index (χ1v) is 7.46. The van der Waals surface area contributed by atoms with E-state index in [4.69, 9.17) is 9.47 Å². The van der Waals surface area contributed by atoms with Crippen molar-refractivity contribution in [3.8, 4) is 11.5 Å². The van der Waals surface area contributed by atoms with Gasteiger partial charge in [-0.25, -0.2) is 0 Å². The van der Waals surface area contributed by atoms with Crippen LogP contribution in [0.25, 0.3) is 0 Å². The third-order valence-corrected chi connectivity index (χ3v) is 4.19. The van der Waals surface area contributed by atoms with Crippen LogP contribution in [-0.2, 0) is 4.79 Å². The molecule has 1 amide bonds. The highest BCUT2D eigenvalue weighted by Gasteiger charge is 2.51. The van der Waals surface area contributed by atoms with Crippen LogP contribution in [0.5, 0.6) is 11.5 Å². The quantitative estimate of drug-likeness (QED) is 0.920. The minimum absolute atomic E-state index is 0.240. The maximum atomic E-state index is 13.1. The average Bonchev–Trinajstić information content (AvgIpc) is 2.52. The number of nitrogens with one attached hydrogen (secondary N) is 1. The van der Waals surface area contributed by atoms with Gasteiger partial charge < -0.3 is 14.8 Å². The van der Waals surface area contributed by atoms with Crippen LogP contribution in [0, 0.1) is 0 Å². The second-order valence-corrected chi connectivity index (χ2v) is 5.80. The molecule has 128 valence electrons. The molecule has 0 fully saturated rings. The molecule has 7 heteroatoms. The number of hydrogen-bond acceptors (Lipinski definition) is 3. The Morgan fingerprint density at radius 2 is 1.87 bits per heavy atom. The first kappa shape index (κ1) is 17.4. The predicted molar refractivity (Wildman–Crippen MR) is 78.7 cm³/mol. The van der Waals surface area contributed by atoms with E-state index in [0.29, 0.717) is 30.3 Å². The van der Waals surface area contributed by atoms with Crippen LogP contribution >= 0.6 is 0 Å². The molecule has 1 N–H and O–H groups in total. The first-order chi connectivity index (χ1) is 10.7. The van der Waals surface area contributed by atoms with E-state index in [1.54, 1.807) is 25.1 Å². The van der Waals surface area contributed by atoms with Gasteiger partial charge in [-0.05, 0) is 38.0 Å². The van der Waals surface area contributed by atoms with Crippen LogP contribution in [0.3, 0.4) is 0 Å². The van der Waals surface area contributed by atoms with Crippen molar-refractivity contribution in [2.75, 3.05) is 13.2 Å². The van der Waals surface area contributed by atoms with E-state index >= 15 is 0 Å². The summed E-state index contributed by atoms with van der Waals surface area (Å²) in [7, 11) is 0. The van der Waals surface area contributed by atoms with Gasteiger partial charge in [-0.2, -0.15) is 13.2 Å². The molecule has 1 aromatic carbocycles. The molecule has 0 bridgehead atoms. The van der Waals surface area contributed by atoms with Crippen molar-refractivity contribution in [3.63, 3.8) is 0 Å². The highest BCUT2D eigenvalue weighted by Crippen LogP contribution is 2.35. The molecule has 0 radical (unpaired) electrons. The molecule has 1 aromatic rings. The third-order valence-electron chi connectivity index (χ3n) is 4.19. The maximum Gasteiger partial charge on any atom is 0.411 e. The fourth-order valence-corrected chi connectivity index (χ4v) is 2.22. The van der Waals surface area contributed by atoms with Crippen LogP contribution in [0.4, 0.5) is 13.2 Å². The average molecular weight is 331 g/mol. The SMILES string of the molecule is CC[C@](C)(NC(=O)[C@@H](C)c1ccc2c(c1)OCCO2)C(F)(F)F. The molecule has 0 aliphatic carbocycles. The van der Waals surface area contributed by atoms with Crippen LogP contribution < -0.4 is 14.8 Å². The standard InChI is InChI=1S/C16H20F3NO3/c1-4-15(3,16(17,18)19)20-14(21)10(2)11-5-6-12-13(9-11)23-8-7-22-12/h5-6,9-10H,4,7-8H2,1-3H3,(H,20,21)/t10-,15-/m0/s1. The number of carbonyl (C=O) groups is 1. The van der Waals surface area contributed by atoms with Crippen molar-refractivity contribution in [1.82, 2.24) is 5.32 Å². The molecule has 2 atom stereocenters. The summed E-state index contributed by atoms with van der Waals surface area (Å²) in [6.07, 6.45) is -4.75. The lowest BCUT2D eigenvalue weighted by atomic mass is 9.94. The topological polar surface area (TPSA) is 47.6 Å². The summed E-state index contributed by atoms with van der Waals surface area (Å²) in [6.45, 7) is 4.79. The van der Waals surface area contributed by atoms with E-state index < -0.39 is 23.5 Å². The van der Waals surface area contributed by atoms with E-state index in [9.17, 15) is 18.0 Å². The molecule has 0 saturated carbocycles. The Morgan fingerprint density at radius 1 is 1.26 bits per heavy atom. The lowest BCUT2D eigenvalue weighted by Gasteiger charge is -2.33. The van der Waals surface area contributed by atoms with Gasteiger partial charge in [-0.1, -0.05) is 13.0 Å². The summed E-state index contributed by atoms with van der Waals surface area (Å²) < 4.78 is 50.1. The van der Waals surface area contributed by atoms with Crippen LogP contribution in [0.2, 0.25) is 0 Å². The van der Waals surface area contributed by atoms with Crippen molar-refractivity contribution >= 4 is 5.91 Å². The molecule has 1 aliphatic rings. The Balaban J connectivity index is 2.16. The summed E-state index contributed by atoms with van der Waals surface area (Å²) in [4.78, 5) is 12.2. The van der Waals surface area contributed by atoms with Gasteiger partial charge in [-0.15, -0.1) is 0 Å². The zero-order chi connectivity index (χ0) is 17.3. The van der Waals surface area contributed by atoms with Crippen LogP contribution in [-0.4, -0.2) is 30.8 Å². The predicted octanol–water partition coefficient (Wildman–Crippen LogP) is 3.41. The van der Waals surface area contributed by atoms with Gasteiger partial charge in [0.05, 0.1) is 5.92 Å². The fourth-order valence-electron chi connectivity index (χ4n) is 2.22. The summed E-state index contributed by atoms with van der Waals surface area (Å²) in [5, 5.41) is 2.13. The Kier molecular flexibility index (Phi) is 4.77. The van der Waals surface area contributed by atoms with Gasteiger partial charge in [-0.3, -0.25) is 4.79 Å². The highest BCUT2D eigenvalue weighted by molar-refractivity contribution is 5.84. The Bertz CT molecular complexity index is 588. The zero-order valence-electron chi connectivity index (χ0n) is 13.3. The molecule has 23 heavy (non-hydrogen) atoms. The van der Waals surface area contributed by atoms with Crippen LogP contribution in [0.15, 0.2) is 18.2 Å². The van der Waals surface area contributed by atoms with Crippen molar-refractivity contribution in [1.29, 1.82) is 0 Å². The third kappa shape index (κ3) is 3.54. The van der Waals surface area contributed by atoms with Crippen molar-refractivity contribution in [2.45, 2.75) is 44.8 Å². The second kappa shape index (κ2) is 6.29. The molecule has 2 rings (SSSR count). The van der Waals surface area contributed by atoms with Gasteiger partial charge >= 0.3 is 6.18 Å². The van der Waals surface area contributed by atoms with Crippen molar-refractivity contribution in [2.24, 2.45) is 0 Å². The van der Waals surface area contributed by atoms with E-state index in [0.717, 1.165) is 6.92 Å². The normalized spacial score (nSPS) is 18.0. The van der Waals surface area contributed by atoms with Gasteiger partial charge in [0.1, 0.15) is 18.8 Å². The van der Waals surface area contributed by atoms with Gasteiger partial charge in [0.15, 0.2) is 11.5 Å². The summed E-state index contributed by atoms with van der Waals surface area (Å²) >= 11 is 0. The Morgan fingerprint density at radius 3 is 2.43 bits per heavy atom. The molecule has 0 unspecified atom stereocenters. The lowest BCUT2D eigenvalue weighted by molar-refractivity contribution is -0.194. The number of alkyl halides is 3. The minimum atomic E-state index is -4.51. The van der Waals surface area contributed by atoms with Crippen LogP contribution in [0.1, 0.15) is 38.7 Å². The Hall–Kier alpha value is -1.92. The highest BCUT2D eigenvalue weighted by atomic mass is 19.4. The monoisotopic (exact) mass is 331 g/mol. The molecule has 1 aliphatic heterocycles. The molecule has 0 saturated heterocycles. The lowest BCUT2D eigenvalue weighted by Crippen LogP contribution is -2.56. The number of halogens is 3. The number of rotatable bonds is 4. The minimum Gasteiger partial charge on any atom is -0.486 e. The molecular formula is C16H20F3NO3. The summed E-state index contributed by atoms with van der Waals surface area (Å²) in [5.74, 6) is -0.342. The van der Waals surface area contributed by atoms with Gasteiger partial charge in [0, 0.05) is 0 Å². The molecular weight excluding hydrogens is 311 g/mol.